The summed E-state index contributed by atoms with van der Waals surface area (Å²) in [7, 11) is 1.81. The summed E-state index contributed by atoms with van der Waals surface area (Å²) in [5.74, 6) is 0.658. The Bertz CT molecular complexity index is 609. The molecule has 0 aliphatic heterocycles. The first-order valence-corrected chi connectivity index (χ1v) is 5.56. The van der Waals surface area contributed by atoms with Crippen molar-refractivity contribution in [2.45, 2.75) is 6.92 Å². The van der Waals surface area contributed by atoms with Crippen molar-refractivity contribution in [2.24, 2.45) is 7.05 Å². The smallest absolute Gasteiger partial charge is 0.288 e. The van der Waals surface area contributed by atoms with E-state index in [9.17, 15) is 10.1 Å². The Morgan fingerprint density at radius 2 is 2.22 bits per heavy atom. The monoisotopic (exact) mass is 266 g/mol. The van der Waals surface area contributed by atoms with Crippen molar-refractivity contribution < 1.29 is 4.92 Å². The minimum Gasteiger partial charge on any atom is -0.338 e. The molecule has 0 aliphatic carbocycles. The summed E-state index contributed by atoms with van der Waals surface area (Å²) < 4.78 is 1.66. The summed E-state index contributed by atoms with van der Waals surface area (Å²) in [6.45, 7) is 1.77. The number of halogens is 1. The molecule has 0 fully saturated rings. The molecule has 0 unspecified atom stereocenters. The van der Waals surface area contributed by atoms with Crippen LogP contribution in [0.25, 0.3) is 0 Å². The average molecular weight is 267 g/mol. The number of hydrogen-bond donors (Lipinski definition) is 1. The van der Waals surface area contributed by atoms with Crippen LogP contribution in [-0.4, -0.2) is 14.7 Å². The van der Waals surface area contributed by atoms with Crippen LogP contribution in [0, 0.1) is 17.0 Å². The Hall–Kier alpha value is -2.08. The van der Waals surface area contributed by atoms with Crippen LogP contribution in [0.1, 0.15) is 5.56 Å². The van der Waals surface area contributed by atoms with E-state index >= 15 is 0 Å². The van der Waals surface area contributed by atoms with Gasteiger partial charge in [0, 0.05) is 31.1 Å². The second kappa shape index (κ2) is 4.66. The second-order valence-electron chi connectivity index (χ2n) is 3.88. The summed E-state index contributed by atoms with van der Waals surface area (Å²) in [5.41, 5.74) is 1.33. The molecule has 0 radical (unpaired) electrons. The van der Waals surface area contributed by atoms with Gasteiger partial charge in [0.2, 0.25) is 0 Å². The minimum atomic E-state index is -0.500. The van der Waals surface area contributed by atoms with Crippen LogP contribution in [0.15, 0.2) is 24.4 Å². The number of aromatic nitrogens is 2. The molecule has 0 bridgehead atoms. The topological polar surface area (TPSA) is 73.0 Å². The third kappa shape index (κ3) is 2.43. The highest BCUT2D eigenvalue weighted by Gasteiger charge is 2.15. The summed E-state index contributed by atoms with van der Waals surface area (Å²) in [6, 6.07) is 4.77. The molecule has 2 rings (SSSR count). The summed E-state index contributed by atoms with van der Waals surface area (Å²) >= 11 is 5.86. The zero-order valence-electron chi connectivity index (χ0n) is 9.85. The van der Waals surface area contributed by atoms with E-state index in [1.54, 1.807) is 30.9 Å². The van der Waals surface area contributed by atoms with Gasteiger partial charge in [-0.2, -0.15) is 5.10 Å². The first-order valence-electron chi connectivity index (χ1n) is 5.18. The Labute approximate surface area is 108 Å². The first kappa shape index (κ1) is 12.4. The summed E-state index contributed by atoms with van der Waals surface area (Å²) in [6.07, 6.45) is 1.80. The van der Waals surface area contributed by atoms with Gasteiger partial charge in [0.15, 0.2) is 5.82 Å². The van der Waals surface area contributed by atoms with Crippen molar-refractivity contribution >= 4 is 28.8 Å². The van der Waals surface area contributed by atoms with Crippen LogP contribution >= 0.6 is 11.6 Å². The van der Waals surface area contributed by atoms with E-state index in [2.05, 4.69) is 10.4 Å². The van der Waals surface area contributed by atoms with Gasteiger partial charge in [0.1, 0.15) is 5.02 Å². The molecule has 1 N–H and O–H groups in total. The molecule has 18 heavy (non-hydrogen) atoms. The second-order valence-corrected chi connectivity index (χ2v) is 4.28. The molecule has 1 heterocycles. The van der Waals surface area contributed by atoms with Crippen LogP contribution < -0.4 is 5.32 Å². The van der Waals surface area contributed by atoms with Gasteiger partial charge in [-0.15, -0.1) is 0 Å². The van der Waals surface area contributed by atoms with Crippen LogP contribution in [0.5, 0.6) is 0 Å². The maximum atomic E-state index is 10.7. The largest absolute Gasteiger partial charge is 0.338 e. The highest BCUT2D eigenvalue weighted by atomic mass is 35.5. The molecule has 1 aromatic carbocycles. The Morgan fingerprint density at radius 3 is 2.78 bits per heavy atom. The molecule has 94 valence electrons. The number of nitro groups is 1. The summed E-state index contributed by atoms with van der Waals surface area (Å²) in [5, 5.41) is 18.1. The van der Waals surface area contributed by atoms with Gasteiger partial charge in [-0.05, 0) is 18.6 Å². The fourth-order valence-corrected chi connectivity index (χ4v) is 1.79. The fraction of sp³-hybridized carbons (Fsp3) is 0.182. The predicted octanol–water partition coefficient (Wildman–Crippen LogP) is 3.03. The van der Waals surface area contributed by atoms with Gasteiger partial charge in [-0.1, -0.05) is 11.6 Å². The number of anilines is 2. The first-order chi connectivity index (χ1) is 8.47. The third-order valence-electron chi connectivity index (χ3n) is 2.47. The number of nitro benzene ring substituents is 1. The quantitative estimate of drug-likeness (QED) is 0.684. The van der Waals surface area contributed by atoms with E-state index in [0.717, 1.165) is 5.56 Å². The molecule has 0 amide bonds. The lowest BCUT2D eigenvalue weighted by Gasteiger charge is -2.07. The van der Waals surface area contributed by atoms with Gasteiger partial charge in [-0.3, -0.25) is 14.8 Å². The Morgan fingerprint density at radius 1 is 1.50 bits per heavy atom. The molecule has 6 nitrogen and oxygen atoms in total. The number of rotatable bonds is 3. The van der Waals surface area contributed by atoms with Gasteiger partial charge < -0.3 is 5.32 Å². The van der Waals surface area contributed by atoms with Gasteiger partial charge >= 0.3 is 0 Å². The minimum absolute atomic E-state index is 0.0965. The normalized spacial score (nSPS) is 10.4. The molecular formula is C11H11ClN4O2. The number of aryl methyl sites for hydroxylation is 2. The van der Waals surface area contributed by atoms with Crippen molar-refractivity contribution in [1.82, 2.24) is 9.78 Å². The standard InChI is InChI=1S/C11H11ClN4O2/c1-7-5-10(16(17)18)8(12)6-9(7)13-11-3-4-15(2)14-11/h3-6H,1-2H3,(H,13,14). The maximum absolute atomic E-state index is 10.7. The van der Waals surface area contributed by atoms with E-state index in [-0.39, 0.29) is 10.7 Å². The highest BCUT2D eigenvalue weighted by Crippen LogP contribution is 2.31. The molecule has 0 aliphatic rings. The van der Waals surface area contributed by atoms with Crippen LogP contribution in [-0.2, 0) is 7.05 Å². The molecule has 0 spiro atoms. The van der Waals surface area contributed by atoms with E-state index in [4.69, 9.17) is 11.6 Å². The summed E-state index contributed by atoms with van der Waals surface area (Å²) in [4.78, 5) is 10.2. The molecule has 0 saturated carbocycles. The lowest BCUT2D eigenvalue weighted by Crippen LogP contribution is -1.97. The molecule has 0 atom stereocenters. The maximum Gasteiger partial charge on any atom is 0.288 e. The fourth-order valence-electron chi connectivity index (χ4n) is 1.56. The Kier molecular flexibility index (Phi) is 3.20. The van der Waals surface area contributed by atoms with Crippen molar-refractivity contribution in [2.75, 3.05) is 5.32 Å². The molecule has 0 saturated heterocycles. The third-order valence-corrected chi connectivity index (χ3v) is 2.77. The number of hydrogen-bond acceptors (Lipinski definition) is 4. The SMILES string of the molecule is Cc1cc([N+](=O)[O-])c(Cl)cc1Nc1ccn(C)n1. The van der Waals surface area contributed by atoms with E-state index < -0.39 is 4.92 Å². The highest BCUT2D eigenvalue weighted by molar-refractivity contribution is 6.33. The van der Waals surface area contributed by atoms with Gasteiger partial charge in [-0.25, -0.2) is 0 Å². The van der Waals surface area contributed by atoms with E-state index in [1.807, 2.05) is 0 Å². The van der Waals surface area contributed by atoms with Crippen LogP contribution in [0.4, 0.5) is 17.2 Å². The van der Waals surface area contributed by atoms with Crippen molar-refractivity contribution in [3.05, 3.63) is 45.1 Å². The van der Waals surface area contributed by atoms with Gasteiger partial charge in [0.05, 0.1) is 4.92 Å². The lowest BCUT2D eigenvalue weighted by atomic mass is 10.2. The zero-order chi connectivity index (χ0) is 13.3. The number of nitrogens with one attached hydrogen (secondary N) is 1. The molecule has 2 aromatic rings. The molecule has 1 aromatic heterocycles. The Balaban J connectivity index is 2.35. The van der Waals surface area contributed by atoms with E-state index in [0.29, 0.717) is 11.5 Å². The van der Waals surface area contributed by atoms with E-state index in [1.165, 1.54) is 12.1 Å². The zero-order valence-corrected chi connectivity index (χ0v) is 10.6. The average Bonchev–Trinajstić information content (AvgIpc) is 2.68. The van der Waals surface area contributed by atoms with Crippen molar-refractivity contribution in [1.29, 1.82) is 0 Å². The predicted molar refractivity (Wildman–Crippen MR) is 69.3 cm³/mol. The number of nitrogens with zero attached hydrogens (tertiary/aromatic N) is 3. The van der Waals surface area contributed by atoms with Crippen LogP contribution in [0.3, 0.4) is 0 Å². The molecular weight excluding hydrogens is 256 g/mol. The lowest BCUT2D eigenvalue weighted by molar-refractivity contribution is -0.384. The number of benzene rings is 1. The van der Waals surface area contributed by atoms with Gasteiger partial charge in [0.25, 0.3) is 5.69 Å². The van der Waals surface area contributed by atoms with Crippen LogP contribution in [0.2, 0.25) is 5.02 Å². The van der Waals surface area contributed by atoms with Crippen molar-refractivity contribution in [3.8, 4) is 0 Å². The van der Waals surface area contributed by atoms with Crippen molar-refractivity contribution in [3.63, 3.8) is 0 Å². The molecule has 7 heteroatoms.